The average Bonchev–Trinajstić information content (AvgIpc) is 3.23. The fourth-order valence-electron chi connectivity index (χ4n) is 3.01. The van der Waals surface area contributed by atoms with Gasteiger partial charge in [0.2, 0.25) is 0 Å². The van der Waals surface area contributed by atoms with Gasteiger partial charge in [-0.2, -0.15) is 0 Å². The van der Waals surface area contributed by atoms with E-state index in [1.165, 1.54) is 17.1 Å². The van der Waals surface area contributed by atoms with Gasteiger partial charge in [0.1, 0.15) is 5.82 Å². The Morgan fingerprint density at radius 3 is 2.46 bits per heavy atom. The van der Waals surface area contributed by atoms with E-state index in [0.717, 1.165) is 32.1 Å². The van der Waals surface area contributed by atoms with Gasteiger partial charge in [0, 0.05) is 46.3 Å². The second-order valence-electron chi connectivity index (χ2n) is 6.14. The highest BCUT2D eigenvalue weighted by molar-refractivity contribution is 14.0. The maximum absolute atomic E-state index is 13.6. The summed E-state index contributed by atoms with van der Waals surface area (Å²) in [5, 5.41) is 9.38. The fraction of sp³-hybridized carbons (Fsp3) is 0.368. The van der Waals surface area contributed by atoms with Gasteiger partial charge in [-0.3, -0.25) is 9.79 Å². The van der Waals surface area contributed by atoms with Gasteiger partial charge in [-0.25, -0.2) is 4.39 Å². The first-order valence-electron chi connectivity index (χ1n) is 8.96. The monoisotopic (exact) mass is 517 g/mol. The normalized spacial score (nSPS) is 14.4. The van der Waals surface area contributed by atoms with E-state index in [2.05, 4.69) is 42.9 Å². The average molecular weight is 517 g/mol. The summed E-state index contributed by atoms with van der Waals surface area (Å²) >= 11 is 1.76. The number of thiophene rings is 1. The number of amides is 1. The summed E-state index contributed by atoms with van der Waals surface area (Å²) in [5.41, 5.74) is 0.0616. The quantitative estimate of drug-likeness (QED) is 0.277. The van der Waals surface area contributed by atoms with Crippen molar-refractivity contribution >= 4 is 52.2 Å². The lowest BCUT2D eigenvalue weighted by molar-refractivity contribution is 0.0950. The Morgan fingerprint density at radius 1 is 1.11 bits per heavy atom. The molecule has 1 saturated heterocycles. The van der Waals surface area contributed by atoms with Crippen molar-refractivity contribution in [1.82, 2.24) is 15.5 Å². The van der Waals surface area contributed by atoms with Crippen LogP contribution >= 0.6 is 35.3 Å². The van der Waals surface area contributed by atoms with Crippen molar-refractivity contribution in [2.45, 2.75) is 0 Å². The van der Waals surface area contributed by atoms with Crippen LogP contribution in [0.4, 0.5) is 9.39 Å². The zero-order valence-corrected chi connectivity index (χ0v) is 18.9. The number of halogens is 2. The molecule has 3 rings (SSSR count). The summed E-state index contributed by atoms with van der Waals surface area (Å²) in [7, 11) is 1.76. The third-order valence-corrected chi connectivity index (χ3v) is 5.35. The molecular weight excluding hydrogens is 492 g/mol. The van der Waals surface area contributed by atoms with Crippen molar-refractivity contribution in [2.75, 3.05) is 51.2 Å². The number of nitrogens with one attached hydrogen (secondary N) is 2. The maximum Gasteiger partial charge on any atom is 0.254 e. The molecule has 28 heavy (non-hydrogen) atoms. The molecule has 0 saturated carbocycles. The molecule has 6 nitrogen and oxygen atoms in total. The second kappa shape index (κ2) is 11.2. The Morgan fingerprint density at radius 2 is 1.82 bits per heavy atom. The van der Waals surface area contributed by atoms with E-state index in [9.17, 15) is 9.18 Å². The van der Waals surface area contributed by atoms with Crippen LogP contribution in [0.1, 0.15) is 10.4 Å². The molecule has 1 amide bonds. The number of benzene rings is 1. The smallest absolute Gasteiger partial charge is 0.254 e. The highest BCUT2D eigenvalue weighted by Crippen LogP contribution is 2.22. The van der Waals surface area contributed by atoms with Crippen molar-refractivity contribution in [2.24, 2.45) is 4.99 Å². The maximum atomic E-state index is 13.6. The molecule has 1 aliphatic heterocycles. The third-order valence-electron chi connectivity index (χ3n) is 4.42. The highest BCUT2D eigenvalue weighted by atomic mass is 127. The summed E-state index contributed by atoms with van der Waals surface area (Å²) in [6, 6.07) is 10.2. The summed E-state index contributed by atoms with van der Waals surface area (Å²) in [4.78, 5) is 20.9. The summed E-state index contributed by atoms with van der Waals surface area (Å²) < 4.78 is 13.6. The van der Waals surface area contributed by atoms with E-state index >= 15 is 0 Å². The molecule has 2 N–H and O–H groups in total. The summed E-state index contributed by atoms with van der Waals surface area (Å²) in [5.74, 6) is -0.0993. The number of rotatable bonds is 5. The van der Waals surface area contributed by atoms with Crippen LogP contribution in [0, 0.1) is 5.82 Å². The van der Waals surface area contributed by atoms with Crippen LogP contribution in [0.3, 0.4) is 0 Å². The number of guanidine groups is 1. The second-order valence-corrected chi connectivity index (χ2v) is 7.06. The van der Waals surface area contributed by atoms with Crippen molar-refractivity contribution < 1.29 is 9.18 Å². The molecule has 0 bridgehead atoms. The Kier molecular flexibility index (Phi) is 8.97. The Hall–Kier alpha value is -1.88. The third kappa shape index (κ3) is 5.81. The largest absolute Gasteiger partial charge is 0.360 e. The topological polar surface area (TPSA) is 60.0 Å². The van der Waals surface area contributed by atoms with Crippen LogP contribution in [0.5, 0.6) is 0 Å². The number of carbonyl (C=O) groups is 1. The molecule has 1 fully saturated rings. The molecule has 0 atom stereocenters. The zero-order chi connectivity index (χ0) is 19.1. The SMILES string of the molecule is CN=C(NCCNC(=O)c1ccccc1F)N1CCN(c2cccs2)CC1.I. The molecule has 152 valence electrons. The van der Waals surface area contributed by atoms with Gasteiger partial charge in [-0.15, -0.1) is 35.3 Å². The Balaban J connectivity index is 0.00000280. The molecule has 1 aromatic heterocycles. The van der Waals surface area contributed by atoms with Gasteiger partial charge < -0.3 is 20.4 Å². The van der Waals surface area contributed by atoms with Gasteiger partial charge in [0.15, 0.2) is 5.96 Å². The molecule has 2 aromatic rings. The highest BCUT2D eigenvalue weighted by Gasteiger charge is 2.20. The number of piperazine rings is 1. The van der Waals surface area contributed by atoms with Crippen LogP contribution in [0.15, 0.2) is 46.8 Å². The lowest BCUT2D eigenvalue weighted by Gasteiger charge is -2.37. The molecule has 0 aliphatic carbocycles. The van der Waals surface area contributed by atoms with E-state index in [0.29, 0.717) is 13.1 Å². The standard InChI is InChI=1S/C19H24FN5OS.HI/c1-21-19(25-12-10-24(11-13-25)17-7-4-14-27-17)23-9-8-22-18(26)15-5-2-3-6-16(15)20;/h2-7,14H,8-13H2,1H3,(H,21,23)(H,22,26);1H. The van der Waals surface area contributed by atoms with Crippen LogP contribution in [-0.2, 0) is 0 Å². The van der Waals surface area contributed by atoms with Crippen molar-refractivity contribution in [1.29, 1.82) is 0 Å². The number of hydrogen-bond acceptors (Lipinski definition) is 4. The van der Waals surface area contributed by atoms with Crippen LogP contribution in [0.2, 0.25) is 0 Å². The predicted molar refractivity (Wildman–Crippen MR) is 124 cm³/mol. The number of anilines is 1. The molecule has 0 spiro atoms. The molecule has 1 aliphatic rings. The fourth-order valence-corrected chi connectivity index (χ4v) is 3.80. The molecule has 0 radical (unpaired) electrons. The predicted octanol–water partition coefficient (Wildman–Crippen LogP) is 2.63. The zero-order valence-electron chi connectivity index (χ0n) is 15.7. The lowest BCUT2D eigenvalue weighted by atomic mass is 10.2. The number of aliphatic imine (C=N–C) groups is 1. The minimum Gasteiger partial charge on any atom is -0.360 e. The summed E-state index contributed by atoms with van der Waals surface area (Å²) in [6.45, 7) is 4.59. The van der Waals surface area contributed by atoms with Gasteiger partial charge >= 0.3 is 0 Å². The van der Waals surface area contributed by atoms with Crippen molar-refractivity contribution in [3.63, 3.8) is 0 Å². The Labute approximate surface area is 185 Å². The van der Waals surface area contributed by atoms with Gasteiger partial charge in [0.25, 0.3) is 5.91 Å². The molecular formula is C19H25FIN5OS. The number of nitrogens with zero attached hydrogens (tertiary/aromatic N) is 3. The summed E-state index contributed by atoms with van der Waals surface area (Å²) in [6.07, 6.45) is 0. The molecule has 1 aromatic carbocycles. The van der Waals surface area contributed by atoms with E-state index in [-0.39, 0.29) is 29.5 Å². The number of hydrogen-bond donors (Lipinski definition) is 2. The minimum atomic E-state index is -0.512. The Bertz CT molecular complexity index is 778. The number of carbonyl (C=O) groups excluding carboxylic acids is 1. The van der Waals surface area contributed by atoms with Gasteiger partial charge in [0.05, 0.1) is 10.6 Å². The van der Waals surface area contributed by atoms with Gasteiger partial charge in [-0.05, 0) is 29.6 Å². The van der Waals surface area contributed by atoms with E-state index < -0.39 is 11.7 Å². The van der Waals surface area contributed by atoms with E-state index in [4.69, 9.17) is 0 Å². The molecule has 2 heterocycles. The first-order chi connectivity index (χ1) is 13.2. The first-order valence-corrected chi connectivity index (χ1v) is 9.84. The molecule has 9 heteroatoms. The van der Waals surface area contributed by atoms with E-state index in [1.54, 1.807) is 30.5 Å². The lowest BCUT2D eigenvalue weighted by Crippen LogP contribution is -2.53. The van der Waals surface area contributed by atoms with Crippen molar-refractivity contribution in [3.05, 3.63) is 53.2 Å². The van der Waals surface area contributed by atoms with E-state index in [1.807, 2.05) is 0 Å². The first kappa shape index (κ1) is 22.4. The minimum absolute atomic E-state index is 0. The molecule has 0 unspecified atom stereocenters. The van der Waals surface area contributed by atoms with Crippen LogP contribution < -0.4 is 15.5 Å². The van der Waals surface area contributed by atoms with Crippen molar-refractivity contribution in [3.8, 4) is 0 Å². The van der Waals surface area contributed by atoms with Crippen LogP contribution in [-0.4, -0.2) is 63.1 Å². The van der Waals surface area contributed by atoms with Gasteiger partial charge in [-0.1, -0.05) is 12.1 Å². The van der Waals surface area contributed by atoms with Crippen LogP contribution in [0.25, 0.3) is 0 Å².